The molecule has 1 rings (SSSR count). The number of carbonyl (C=O) groups is 1. The molecule has 0 aliphatic heterocycles. The number of methoxy groups -OCH3 is 1. The van der Waals surface area contributed by atoms with Crippen LogP contribution in [0.4, 0.5) is 0 Å². The lowest BCUT2D eigenvalue weighted by Gasteiger charge is -2.27. The van der Waals surface area contributed by atoms with E-state index < -0.39 is 0 Å². The van der Waals surface area contributed by atoms with Gasteiger partial charge in [-0.1, -0.05) is 30.7 Å². The number of halogens is 1. The van der Waals surface area contributed by atoms with E-state index in [9.17, 15) is 4.79 Å². The van der Waals surface area contributed by atoms with E-state index in [4.69, 9.17) is 16.3 Å². The fourth-order valence-corrected chi connectivity index (χ4v) is 1.99. The Morgan fingerprint density at radius 2 is 1.89 bits per heavy atom. The molecule has 3 nitrogen and oxygen atoms in total. The second-order valence-corrected chi connectivity index (χ2v) is 5.03. The van der Waals surface area contributed by atoms with Crippen molar-refractivity contribution < 1.29 is 9.53 Å². The van der Waals surface area contributed by atoms with Crippen molar-refractivity contribution in [1.29, 1.82) is 0 Å². The predicted molar refractivity (Wildman–Crippen MR) is 73.7 cm³/mol. The van der Waals surface area contributed by atoms with Crippen molar-refractivity contribution in [2.24, 2.45) is 5.92 Å². The molecular weight excluding hydrogens is 250 g/mol. The Bertz CT molecular complexity index is 391. The van der Waals surface area contributed by atoms with E-state index in [0.717, 1.165) is 5.02 Å². The molecule has 0 fully saturated rings. The van der Waals surface area contributed by atoms with Crippen LogP contribution >= 0.6 is 11.6 Å². The lowest BCUT2D eigenvalue weighted by Crippen LogP contribution is -2.31. The predicted octanol–water partition coefficient (Wildman–Crippen LogP) is 3.14. The molecule has 0 bridgehead atoms. The minimum Gasteiger partial charge on any atom is -0.469 e. The summed E-state index contributed by atoms with van der Waals surface area (Å²) in [5.41, 5.74) is 1.18. The van der Waals surface area contributed by atoms with Crippen molar-refractivity contribution in [2.45, 2.75) is 19.9 Å². The molecule has 0 saturated heterocycles. The number of carbonyl (C=O) groups excluding carboxylic acids is 1. The van der Waals surface area contributed by atoms with E-state index in [0.29, 0.717) is 6.54 Å². The van der Waals surface area contributed by atoms with Crippen LogP contribution in [0.3, 0.4) is 0 Å². The molecule has 2 atom stereocenters. The van der Waals surface area contributed by atoms with Gasteiger partial charge in [0.1, 0.15) is 0 Å². The number of rotatable bonds is 5. The van der Waals surface area contributed by atoms with Crippen LogP contribution in [0.5, 0.6) is 0 Å². The second kappa shape index (κ2) is 6.76. The fourth-order valence-electron chi connectivity index (χ4n) is 1.86. The van der Waals surface area contributed by atoms with Gasteiger partial charge in [0.05, 0.1) is 13.0 Å². The lowest BCUT2D eigenvalue weighted by atomic mass is 10.1. The second-order valence-electron chi connectivity index (χ2n) is 4.59. The zero-order valence-corrected chi connectivity index (χ0v) is 12.1. The molecule has 0 spiro atoms. The molecule has 100 valence electrons. The van der Waals surface area contributed by atoms with E-state index >= 15 is 0 Å². The van der Waals surface area contributed by atoms with E-state index in [1.165, 1.54) is 12.7 Å². The lowest BCUT2D eigenvalue weighted by molar-refractivity contribution is -0.145. The summed E-state index contributed by atoms with van der Waals surface area (Å²) in [6.07, 6.45) is 0. The van der Waals surface area contributed by atoms with Gasteiger partial charge in [-0.25, -0.2) is 0 Å². The van der Waals surface area contributed by atoms with Crippen LogP contribution in [0, 0.1) is 5.92 Å². The van der Waals surface area contributed by atoms with Gasteiger partial charge in [0.2, 0.25) is 0 Å². The van der Waals surface area contributed by atoms with Gasteiger partial charge in [-0.2, -0.15) is 0 Å². The van der Waals surface area contributed by atoms with Crippen LogP contribution in [0.1, 0.15) is 25.5 Å². The Hall–Kier alpha value is -1.06. The minimum absolute atomic E-state index is 0.130. The number of ether oxygens (including phenoxy) is 1. The van der Waals surface area contributed by atoms with Crippen LogP contribution in [-0.2, 0) is 9.53 Å². The smallest absolute Gasteiger partial charge is 0.309 e. The van der Waals surface area contributed by atoms with E-state index in [1.54, 1.807) is 0 Å². The van der Waals surface area contributed by atoms with Gasteiger partial charge in [0.15, 0.2) is 0 Å². The molecule has 0 radical (unpaired) electrons. The van der Waals surface area contributed by atoms with Crippen molar-refractivity contribution in [1.82, 2.24) is 4.90 Å². The third-order valence-corrected chi connectivity index (χ3v) is 3.43. The summed E-state index contributed by atoms with van der Waals surface area (Å²) < 4.78 is 4.73. The monoisotopic (exact) mass is 269 g/mol. The van der Waals surface area contributed by atoms with Gasteiger partial charge in [0, 0.05) is 17.6 Å². The first-order valence-electron chi connectivity index (χ1n) is 5.99. The largest absolute Gasteiger partial charge is 0.469 e. The zero-order chi connectivity index (χ0) is 13.7. The molecule has 0 amide bonds. The van der Waals surface area contributed by atoms with Crippen molar-refractivity contribution in [3.63, 3.8) is 0 Å². The van der Waals surface area contributed by atoms with Crippen LogP contribution in [0.25, 0.3) is 0 Å². The van der Waals surface area contributed by atoms with Crippen molar-refractivity contribution >= 4 is 17.6 Å². The highest BCUT2D eigenvalue weighted by Crippen LogP contribution is 2.21. The van der Waals surface area contributed by atoms with E-state index in [1.807, 2.05) is 38.2 Å². The highest BCUT2D eigenvalue weighted by atomic mass is 35.5. The molecule has 2 unspecified atom stereocenters. The Labute approximate surface area is 114 Å². The molecule has 0 N–H and O–H groups in total. The molecule has 18 heavy (non-hydrogen) atoms. The molecular formula is C14H20ClNO2. The first kappa shape index (κ1) is 15.0. The average Bonchev–Trinajstić information content (AvgIpc) is 2.37. The van der Waals surface area contributed by atoms with Crippen LogP contribution in [0.15, 0.2) is 24.3 Å². The zero-order valence-electron chi connectivity index (χ0n) is 11.3. The molecule has 0 heterocycles. The maximum absolute atomic E-state index is 11.4. The molecule has 4 heteroatoms. The summed E-state index contributed by atoms with van der Waals surface area (Å²) in [6, 6.07) is 8.00. The van der Waals surface area contributed by atoms with Crippen LogP contribution in [-0.4, -0.2) is 31.6 Å². The first-order valence-corrected chi connectivity index (χ1v) is 6.37. The Kier molecular flexibility index (Phi) is 5.63. The van der Waals surface area contributed by atoms with Gasteiger partial charge < -0.3 is 4.74 Å². The summed E-state index contributed by atoms with van der Waals surface area (Å²) in [5, 5.41) is 0.733. The summed E-state index contributed by atoms with van der Waals surface area (Å²) >= 11 is 5.87. The summed E-state index contributed by atoms with van der Waals surface area (Å²) in [6.45, 7) is 4.64. The highest BCUT2D eigenvalue weighted by Gasteiger charge is 2.19. The Balaban J connectivity index is 2.63. The Morgan fingerprint density at radius 1 is 1.33 bits per heavy atom. The van der Waals surface area contributed by atoms with Gasteiger partial charge in [0.25, 0.3) is 0 Å². The van der Waals surface area contributed by atoms with Crippen LogP contribution in [0.2, 0.25) is 5.02 Å². The van der Waals surface area contributed by atoms with Gasteiger partial charge in [-0.3, -0.25) is 9.69 Å². The minimum atomic E-state index is -0.176. The van der Waals surface area contributed by atoms with E-state index in [2.05, 4.69) is 11.8 Å². The maximum atomic E-state index is 11.4. The number of esters is 1. The molecule has 0 aromatic heterocycles. The molecule has 1 aromatic rings. The number of hydrogen-bond acceptors (Lipinski definition) is 3. The molecule has 0 saturated carbocycles. The van der Waals surface area contributed by atoms with Crippen molar-refractivity contribution in [2.75, 3.05) is 20.7 Å². The normalized spacial score (nSPS) is 14.3. The number of hydrogen-bond donors (Lipinski definition) is 0. The highest BCUT2D eigenvalue weighted by molar-refractivity contribution is 6.30. The van der Waals surface area contributed by atoms with Crippen molar-refractivity contribution in [3.8, 4) is 0 Å². The van der Waals surface area contributed by atoms with Gasteiger partial charge >= 0.3 is 5.97 Å². The molecule has 0 aliphatic rings. The fraction of sp³-hybridized carbons (Fsp3) is 0.500. The topological polar surface area (TPSA) is 29.5 Å². The van der Waals surface area contributed by atoms with Crippen LogP contribution < -0.4 is 0 Å². The summed E-state index contributed by atoms with van der Waals surface area (Å²) in [7, 11) is 3.42. The SMILES string of the molecule is COC(=O)C(C)CN(C)C(C)c1ccc(Cl)cc1. The molecule has 0 aliphatic carbocycles. The third-order valence-electron chi connectivity index (χ3n) is 3.18. The summed E-state index contributed by atoms with van der Waals surface area (Å²) in [4.78, 5) is 13.5. The Morgan fingerprint density at radius 3 is 2.39 bits per heavy atom. The maximum Gasteiger partial charge on any atom is 0.309 e. The summed E-state index contributed by atoms with van der Waals surface area (Å²) in [5.74, 6) is -0.306. The van der Waals surface area contributed by atoms with Gasteiger partial charge in [-0.15, -0.1) is 0 Å². The van der Waals surface area contributed by atoms with Gasteiger partial charge in [-0.05, 0) is 31.7 Å². The van der Waals surface area contributed by atoms with Crippen molar-refractivity contribution in [3.05, 3.63) is 34.9 Å². The van der Waals surface area contributed by atoms with E-state index in [-0.39, 0.29) is 17.9 Å². The molecule has 1 aromatic carbocycles. The first-order chi connectivity index (χ1) is 8.45. The third kappa shape index (κ3) is 4.00. The number of benzene rings is 1. The average molecular weight is 270 g/mol. The standard InChI is InChI=1S/C14H20ClNO2/c1-10(14(17)18-4)9-16(3)11(2)12-5-7-13(15)8-6-12/h5-8,10-11H,9H2,1-4H3. The quantitative estimate of drug-likeness (QED) is 0.769. The number of nitrogens with zero attached hydrogens (tertiary/aromatic N) is 1.